The fourth-order valence-electron chi connectivity index (χ4n) is 2.33. The van der Waals surface area contributed by atoms with Gasteiger partial charge in [0.2, 0.25) is 0 Å². The molecule has 2 unspecified atom stereocenters. The molecular formula is C13H17BrN2O. The van der Waals surface area contributed by atoms with E-state index in [1.807, 2.05) is 0 Å². The molecule has 1 amide bonds. The molecule has 1 aliphatic carbocycles. The SMILES string of the molecule is O=C(NC1CCCCC1CBr)c1cccnc1. The van der Waals surface area contributed by atoms with Gasteiger partial charge in [-0.05, 0) is 30.9 Å². The van der Waals surface area contributed by atoms with E-state index in [9.17, 15) is 4.79 Å². The minimum absolute atomic E-state index is 0.00375. The Morgan fingerprint density at radius 2 is 2.29 bits per heavy atom. The highest BCUT2D eigenvalue weighted by atomic mass is 79.9. The van der Waals surface area contributed by atoms with E-state index in [1.54, 1.807) is 24.5 Å². The Hall–Kier alpha value is -0.900. The van der Waals surface area contributed by atoms with Crippen molar-refractivity contribution in [3.63, 3.8) is 0 Å². The Bertz CT molecular complexity index is 369. The highest BCUT2D eigenvalue weighted by Crippen LogP contribution is 2.26. The molecule has 0 aliphatic heterocycles. The summed E-state index contributed by atoms with van der Waals surface area (Å²) in [6.07, 6.45) is 8.06. The van der Waals surface area contributed by atoms with Gasteiger partial charge in [0, 0.05) is 23.8 Å². The number of hydrogen-bond acceptors (Lipinski definition) is 2. The van der Waals surface area contributed by atoms with Crippen LogP contribution in [0, 0.1) is 5.92 Å². The molecule has 0 radical (unpaired) electrons. The van der Waals surface area contributed by atoms with Gasteiger partial charge < -0.3 is 5.32 Å². The molecule has 0 bridgehead atoms. The zero-order valence-corrected chi connectivity index (χ0v) is 11.3. The molecule has 2 rings (SSSR count). The molecule has 0 spiro atoms. The Kier molecular flexibility index (Phi) is 4.54. The largest absolute Gasteiger partial charge is 0.349 e. The van der Waals surface area contributed by atoms with Crippen LogP contribution in [0.5, 0.6) is 0 Å². The van der Waals surface area contributed by atoms with Gasteiger partial charge in [0.05, 0.1) is 5.56 Å². The van der Waals surface area contributed by atoms with Gasteiger partial charge in [-0.2, -0.15) is 0 Å². The molecule has 1 aromatic rings. The Balaban J connectivity index is 1.98. The van der Waals surface area contributed by atoms with Crippen molar-refractivity contribution < 1.29 is 4.79 Å². The van der Waals surface area contributed by atoms with Crippen LogP contribution in [0.25, 0.3) is 0 Å². The number of nitrogens with zero attached hydrogens (tertiary/aromatic N) is 1. The maximum absolute atomic E-state index is 12.0. The zero-order chi connectivity index (χ0) is 12.1. The molecule has 4 heteroatoms. The van der Waals surface area contributed by atoms with Crippen molar-refractivity contribution in [1.29, 1.82) is 0 Å². The standard InChI is InChI=1S/C13H17BrN2O/c14-8-10-4-1-2-6-12(10)16-13(17)11-5-3-7-15-9-11/h3,5,7,9-10,12H,1-2,4,6,8H2,(H,16,17). The van der Waals surface area contributed by atoms with Gasteiger partial charge in [-0.25, -0.2) is 0 Å². The first-order chi connectivity index (χ1) is 8.31. The number of alkyl halides is 1. The van der Waals surface area contributed by atoms with Crippen LogP contribution in [0.1, 0.15) is 36.0 Å². The van der Waals surface area contributed by atoms with Crippen LogP contribution < -0.4 is 5.32 Å². The molecule has 0 aromatic carbocycles. The van der Waals surface area contributed by atoms with Crippen molar-refractivity contribution in [3.8, 4) is 0 Å². The summed E-state index contributed by atoms with van der Waals surface area (Å²) >= 11 is 3.53. The van der Waals surface area contributed by atoms with E-state index in [0.29, 0.717) is 17.5 Å². The predicted molar refractivity (Wildman–Crippen MR) is 71.2 cm³/mol. The average Bonchev–Trinajstić information content (AvgIpc) is 2.40. The van der Waals surface area contributed by atoms with Crippen molar-refractivity contribution >= 4 is 21.8 Å². The molecule has 2 atom stereocenters. The van der Waals surface area contributed by atoms with Crippen LogP contribution in [0.15, 0.2) is 24.5 Å². The maximum atomic E-state index is 12.0. The van der Waals surface area contributed by atoms with Crippen LogP contribution in [-0.2, 0) is 0 Å². The van der Waals surface area contributed by atoms with E-state index in [1.165, 1.54) is 19.3 Å². The Morgan fingerprint density at radius 1 is 1.47 bits per heavy atom. The number of carbonyl (C=O) groups is 1. The normalized spacial score (nSPS) is 24.3. The summed E-state index contributed by atoms with van der Waals surface area (Å²) in [5.41, 5.74) is 0.645. The molecule has 3 nitrogen and oxygen atoms in total. The maximum Gasteiger partial charge on any atom is 0.253 e. The van der Waals surface area contributed by atoms with Crippen molar-refractivity contribution in [2.45, 2.75) is 31.7 Å². The van der Waals surface area contributed by atoms with E-state index in [4.69, 9.17) is 0 Å². The van der Waals surface area contributed by atoms with Gasteiger partial charge in [0.15, 0.2) is 0 Å². The second-order valence-electron chi connectivity index (χ2n) is 4.52. The molecule has 1 aromatic heterocycles. The summed E-state index contributed by atoms with van der Waals surface area (Å²) in [6.45, 7) is 0. The van der Waals surface area contributed by atoms with Crippen LogP contribution in [0.2, 0.25) is 0 Å². The number of halogens is 1. The summed E-state index contributed by atoms with van der Waals surface area (Å²) in [7, 11) is 0. The van der Waals surface area contributed by atoms with Crippen LogP contribution in [0.3, 0.4) is 0 Å². The quantitative estimate of drug-likeness (QED) is 0.872. The fourth-order valence-corrected chi connectivity index (χ4v) is 3.11. The summed E-state index contributed by atoms with van der Waals surface area (Å²) in [4.78, 5) is 16.0. The van der Waals surface area contributed by atoms with Gasteiger partial charge >= 0.3 is 0 Å². The molecule has 1 fully saturated rings. The monoisotopic (exact) mass is 296 g/mol. The van der Waals surface area contributed by atoms with Gasteiger partial charge in [0.1, 0.15) is 0 Å². The fraction of sp³-hybridized carbons (Fsp3) is 0.538. The van der Waals surface area contributed by atoms with Crippen molar-refractivity contribution in [3.05, 3.63) is 30.1 Å². The highest BCUT2D eigenvalue weighted by molar-refractivity contribution is 9.09. The lowest BCUT2D eigenvalue weighted by atomic mass is 9.86. The lowest BCUT2D eigenvalue weighted by molar-refractivity contribution is 0.0911. The number of amides is 1. The van der Waals surface area contributed by atoms with Gasteiger partial charge in [-0.1, -0.05) is 28.8 Å². The van der Waals surface area contributed by atoms with Crippen molar-refractivity contribution in [2.24, 2.45) is 5.92 Å². The Labute approximate surface area is 110 Å². The lowest BCUT2D eigenvalue weighted by Gasteiger charge is -2.30. The van der Waals surface area contributed by atoms with Crippen LogP contribution in [-0.4, -0.2) is 22.3 Å². The number of aromatic nitrogens is 1. The smallest absolute Gasteiger partial charge is 0.253 e. The summed E-state index contributed by atoms with van der Waals surface area (Å²) in [5.74, 6) is 0.556. The van der Waals surface area contributed by atoms with Gasteiger partial charge in [-0.3, -0.25) is 9.78 Å². The topological polar surface area (TPSA) is 42.0 Å². The Morgan fingerprint density at radius 3 is 3.00 bits per heavy atom. The minimum atomic E-state index is -0.00375. The average molecular weight is 297 g/mol. The highest BCUT2D eigenvalue weighted by Gasteiger charge is 2.25. The van der Waals surface area contributed by atoms with Crippen molar-refractivity contribution in [1.82, 2.24) is 10.3 Å². The minimum Gasteiger partial charge on any atom is -0.349 e. The van der Waals surface area contributed by atoms with Crippen LogP contribution >= 0.6 is 15.9 Å². The lowest BCUT2D eigenvalue weighted by Crippen LogP contribution is -2.42. The van der Waals surface area contributed by atoms with E-state index in [-0.39, 0.29) is 5.91 Å². The second-order valence-corrected chi connectivity index (χ2v) is 5.17. The summed E-state index contributed by atoms with van der Waals surface area (Å²) in [5, 5.41) is 4.09. The molecule has 92 valence electrons. The number of pyridine rings is 1. The molecule has 17 heavy (non-hydrogen) atoms. The summed E-state index contributed by atoms with van der Waals surface area (Å²) < 4.78 is 0. The zero-order valence-electron chi connectivity index (χ0n) is 9.73. The number of hydrogen-bond donors (Lipinski definition) is 1. The first-order valence-corrected chi connectivity index (χ1v) is 7.20. The number of carbonyl (C=O) groups excluding carboxylic acids is 1. The predicted octanol–water partition coefficient (Wildman–Crippen LogP) is 2.77. The van der Waals surface area contributed by atoms with Crippen molar-refractivity contribution in [2.75, 3.05) is 5.33 Å². The first-order valence-electron chi connectivity index (χ1n) is 6.08. The second kappa shape index (κ2) is 6.15. The molecule has 1 heterocycles. The molecule has 0 saturated heterocycles. The third-order valence-corrected chi connectivity index (χ3v) is 4.18. The number of rotatable bonds is 3. The van der Waals surface area contributed by atoms with E-state index < -0.39 is 0 Å². The first kappa shape index (κ1) is 12.6. The summed E-state index contributed by atoms with van der Waals surface area (Å²) in [6, 6.07) is 3.89. The third-order valence-electron chi connectivity index (χ3n) is 3.35. The molecular weight excluding hydrogens is 280 g/mol. The number of nitrogens with one attached hydrogen (secondary N) is 1. The van der Waals surface area contributed by atoms with Gasteiger partial charge in [0.25, 0.3) is 5.91 Å². The van der Waals surface area contributed by atoms with E-state index in [2.05, 4.69) is 26.2 Å². The third kappa shape index (κ3) is 3.28. The van der Waals surface area contributed by atoms with Gasteiger partial charge in [-0.15, -0.1) is 0 Å². The van der Waals surface area contributed by atoms with Crippen LogP contribution in [0.4, 0.5) is 0 Å². The van der Waals surface area contributed by atoms with E-state index in [0.717, 1.165) is 11.8 Å². The molecule has 1 aliphatic rings. The molecule has 1 N–H and O–H groups in total. The van der Waals surface area contributed by atoms with E-state index >= 15 is 0 Å². The molecule has 1 saturated carbocycles.